The molecule has 5 aliphatic rings. The van der Waals surface area contributed by atoms with Gasteiger partial charge in [-0.1, -0.05) is 53.9 Å². The van der Waals surface area contributed by atoms with Crippen LogP contribution in [0.15, 0.2) is 18.2 Å². The Kier molecular flexibility index (Phi) is 11.9. The van der Waals surface area contributed by atoms with Crippen molar-refractivity contribution in [1.82, 2.24) is 30.2 Å². The first kappa shape index (κ1) is 42.9. The van der Waals surface area contributed by atoms with Gasteiger partial charge >= 0.3 is 6.09 Å². The molecule has 2 aromatic rings. The number of nitrogens with one attached hydrogen (secondary N) is 3. The van der Waals surface area contributed by atoms with Gasteiger partial charge in [0, 0.05) is 12.0 Å². The van der Waals surface area contributed by atoms with Gasteiger partial charge in [-0.15, -0.1) is 0 Å². The third-order valence-electron chi connectivity index (χ3n) is 13.6. The van der Waals surface area contributed by atoms with Crippen LogP contribution in [0.1, 0.15) is 124 Å². The number of sulfonamides is 1. The third kappa shape index (κ3) is 8.70. The molecule has 3 heterocycles. The summed E-state index contributed by atoms with van der Waals surface area (Å²) in [5.41, 5.74) is -1.03. The summed E-state index contributed by atoms with van der Waals surface area (Å²) in [5.74, 6) is -1.65. The Balaban J connectivity index is 1.28. The van der Waals surface area contributed by atoms with Crippen molar-refractivity contribution < 1.29 is 41.8 Å². The number of nitrogens with zero attached hydrogens (tertiary/aromatic N) is 3. The van der Waals surface area contributed by atoms with Crippen molar-refractivity contribution in [2.24, 2.45) is 23.2 Å². The molecule has 59 heavy (non-hydrogen) atoms. The Morgan fingerprint density at radius 1 is 1.02 bits per heavy atom. The SMILES string of the molecule is CC[C@@H]1[C@@H]2CN(C(=O)[C@H](C(C)(C)C)NC(=O)O[C@]3(C)CCC[C@H]3CCCCCc3nc4ccc(OC)cc4nc3O2)[C@@H]1C(=O)N[C@]1(C(=O)NS(=O)(=O)C2CC2)C[C@H]1CC. The van der Waals surface area contributed by atoms with Crippen LogP contribution < -0.4 is 24.8 Å². The molecule has 0 unspecified atom stereocenters. The second-order valence-electron chi connectivity index (χ2n) is 18.8. The van der Waals surface area contributed by atoms with Crippen molar-refractivity contribution in [2.75, 3.05) is 13.7 Å². The van der Waals surface area contributed by atoms with Gasteiger partial charge in [0.05, 0.1) is 29.9 Å². The number of carbonyl (C=O) groups excluding carboxylic acids is 4. The number of benzene rings is 1. The van der Waals surface area contributed by atoms with Crippen LogP contribution in [0, 0.1) is 23.2 Å². The van der Waals surface area contributed by atoms with Gasteiger partial charge in [-0.05, 0) is 101 Å². The number of carbonyl (C=O) groups is 4. The van der Waals surface area contributed by atoms with Crippen LogP contribution in [0.5, 0.6) is 11.6 Å². The minimum absolute atomic E-state index is 0.0255. The van der Waals surface area contributed by atoms with Crippen LogP contribution in [0.2, 0.25) is 0 Å². The van der Waals surface area contributed by atoms with Gasteiger partial charge in [-0.25, -0.2) is 23.2 Å². The van der Waals surface area contributed by atoms with Gasteiger partial charge in [0.15, 0.2) is 0 Å². The summed E-state index contributed by atoms with van der Waals surface area (Å²) in [6.07, 6.45) is 7.50. The molecule has 1 aromatic carbocycles. The van der Waals surface area contributed by atoms with Crippen LogP contribution in [0.3, 0.4) is 0 Å². The maximum absolute atomic E-state index is 15.1. The average Bonchev–Trinajstić information content (AvgIpc) is 4.09. The molecule has 2 bridgehead atoms. The van der Waals surface area contributed by atoms with Gasteiger partial charge < -0.3 is 29.7 Å². The highest BCUT2D eigenvalue weighted by Gasteiger charge is 2.63. The zero-order chi connectivity index (χ0) is 42.5. The van der Waals surface area contributed by atoms with E-state index in [2.05, 4.69) is 15.4 Å². The number of methoxy groups -OCH3 is 1. The van der Waals surface area contributed by atoms with Crippen LogP contribution in [0.4, 0.5) is 4.79 Å². The zero-order valence-electron chi connectivity index (χ0n) is 35.6. The summed E-state index contributed by atoms with van der Waals surface area (Å²) in [6, 6.07) is 3.25. The molecular formula is C43H62N6O9S. The minimum Gasteiger partial charge on any atom is -0.497 e. The maximum Gasteiger partial charge on any atom is 0.408 e. The molecule has 0 spiro atoms. The molecule has 4 fully saturated rings. The van der Waals surface area contributed by atoms with Crippen molar-refractivity contribution in [3.05, 3.63) is 23.9 Å². The summed E-state index contributed by atoms with van der Waals surface area (Å²) in [7, 11) is -2.31. The first-order chi connectivity index (χ1) is 27.9. The monoisotopic (exact) mass is 838 g/mol. The molecule has 16 heteroatoms. The second kappa shape index (κ2) is 16.3. The smallest absolute Gasteiger partial charge is 0.408 e. The topological polar surface area (TPSA) is 195 Å². The van der Waals surface area contributed by atoms with E-state index in [1.165, 1.54) is 4.90 Å². The van der Waals surface area contributed by atoms with E-state index >= 15 is 4.79 Å². The summed E-state index contributed by atoms with van der Waals surface area (Å²) in [5, 5.41) is 5.26. The highest BCUT2D eigenvalue weighted by molar-refractivity contribution is 7.91. The minimum atomic E-state index is -3.89. The molecule has 1 aromatic heterocycles. The molecule has 0 radical (unpaired) electrons. The van der Waals surface area contributed by atoms with Crippen molar-refractivity contribution >= 4 is 44.9 Å². The fraction of sp³-hybridized carbons (Fsp3) is 0.721. The summed E-state index contributed by atoms with van der Waals surface area (Å²) < 4.78 is 46.6. The maximum atomic E-state index is 15.1. The number of hydrogen-bond donors (Lipinski definition) is 3. The summed E-state index contributed by atoms with van der Waals surface area (Å²) in [4.78, 5) is 69.0. The molecular weight excluding hydrogens is 777 g/mol. The number of hydrogen-bond acceptors (Lipinski definition) is 11. The highest BCUT2D eigenvalue weighted by atomic mass is 32.2. The van der Waals surface area contributed by atoms with Crippen molar-refractivity contribution in [3.8, 4) is 11.6 Å². The first-order valence-electron chi connectivity index (χ1n) is 21.6. The van der Waals surface area contributed by atoms with E-state index in [-0.39, 0.29) is 24.8 Å². The zero-order valence-corrected chi connectivity index (χ0v) is 36.4. The van der Waals surface area contributed by atoms with E-state index in [4.69, 9.17) is 24.2 Å². The standard InChI is InChI=1S/C43H62N6O9S/c1-8-25-23-43(25,39(52)48-59(54,55)28-18-19-28)47-36(50)34-29(9-2)33-24-49(34)38(51)35(41(3,4)5)46-40(53)58-42(6)21-13-15-26(42)14-11-10-12-16-31-37(57-33)45-32-22-27(56-7)17-20-30(32)44-31/h17,20,22,25-26,28-29,33-35H,8-16,18-19,21,23-24H2,1-7H3,(H,46,53)(H,47,50)(H,48,52)/t25-,26-,29-,33+,34+,35-,42-,43-/m1/s1. The number of fused-ring (bicyclic) bond motifs is 5. The van der Waals surface area contributed by atoms with Gasteiger partial charge in [0.1, 0.15) is 40.8 Å². The highest BCUT2D eigenvalue weighted by Crippen LogP contribution is 2.47. The van der Waals surface area contributed by atoms with E-state index in [9.17, 15) is 22.8 Å². The number of ether oxygens (including phenoxy) is 3. The number of aryl methyl sites for hydroxylation is 1. The second-order valence-corrected chi connectivity index (χ2v) is 20.7. The van der Waals surface area contributed by atoms with Gasteiger partial charge in [-0.2, -0.15) is 0 Å². The lowest BCUT2D eigenvalue weighted by atomic mass is 9.85. The van der Waals surface area contributed by atoms with Crippen LogP contribution in [-0.4, -0.2) is 95.3 Å². The van der Waals surface area contributed by atoms with Gasteiger partial charge in [0.25, 0.3) is 5.91 Å². The van der Waals surface area contributed by atoms with Crippen molar-refractivity contribution in [2.45, 2.75) is 160 Å². The molecule has 1 saturated heterocycles. The predicted octanol–water partition coefficient (Wildman–Crippen LogP) is 5.33. The van der Waals surface area contributed by atoms with Crippen LogP contribution in [0.25, 0.3) is 11.0 Å². The number of rotatable bonds is 8. The third-order valence-corrected chi connectivity index (χ3v) is 15.4. The van der Waals surface area contributed by atoms with Gasteiger partial charge in [0.2, 0.25) is 27.7 Å². The average molecular weight is 839 g/mol. The fourth-order valence-electron chi connectivity index (χ4n) is 9.75. The number of amides is 4. The molecule has 8 atom stereocenters. The lowest BCUT2D eigenvalue weighted by Crippen LogP contribution is -2.61. The number of alkyl carbamates (subject to hydrolysis) is 1. The normalized spacial score (nSPS) is 31.7. The molecule has 3 N–H and O–H groups in total. The van der Waals surface area contributed by atoms with E-state index in [0.29, 0.717) is 60.5 Å². The fourth-order valence-corrected chi connectivity index (χ4v) is 11.1. The molecule has 7 rings (SSSR count). The Morgan fingerprint density at radius 2 is 1.76 bits per heavy atom. The Bertz CT molecular complexity index is 2070. The molecule has 3 aliphatic carbocycles. The van der Waals surface area contributed by atoms with E-state index in [1.54, 1.807) is 13.2 Å². The molecule has 2 aliphatic heterocycles. The van der Waals surface area contributed by atoms with E-state index in [1.807, 2.05) is 53.7 Å². The summed E-state index contributed by atoms with van der Waals surface area (Å²) in [6.45, 7) is 11.3. The molecule has 15 nitrogen and oxygen atoms in total. The molecule has 4 amide bonds. The Morgan fingerprint density at radius 3 is 2.42 bits per heavy atom. The lowest BCUT2D eigenvalue weighted by molar-refractivity contribution is -0.144. The lowest BCUT2D eigenvalue weighted by Gasteiger charge is -2.37. The van der Waals surface area contributed by atoms with Crippen molar-refractivity contribution in [1.29, 1.82) is 0 Å². The van der Waals surface area contributed by atoms with Gasteiger partial charge in [-0.3, -0.25) is 19.1 Å². The first-order valence-corrected chi connectivity index (χ1v) is 23.2. The molecule has 3 saturated carbocycles. The van der Waals surface area contributed by atoms with E-state index in [0.717, 1.165) is 44.9 Å². The molecule has 324 valence electrons. The summed E-state index contributed by atoms with van der Waals surface area (Å²) >= 11 is 0. The van der Waals surface area contributed by atoms with E-state index < -0.39 is 79.7 Å². The Hall–Kier alpha value is -4.21. The van der Waals surface area contributed by atoms with Crippen molar-refractivity contribution in [3.63, 3.8) is 0 Å². The van der Waals surface area contributed by atoms with Crippen LogP contribution in [-0.2, 0) is 35.6 Å². The largest absolute Gasteiger partial charge is 0.497 e. The quantitative estimate of drug-likeness (QED) is 0.311. The Labute approximate surface area is 347 Å². The predicted molar refractivity (Wildman–Crippen MR) is 220 cm³/mol. The number of aromatic nitrogens is 2. The van der Waals surface area contributed by atoms with Crippen LogP contribution >= 0.6 is 0 Å².